The topological polar surface area (TPSA) is 29.5 Å². The lowest BCUT2D eigenvalue weighted by Gasteiger charge is -2.34. The van der Waals surface area contributed by atoms with Crippen molar-refractivity contribution >= 4 is 5.91 Å². The summed E-state index contributed by atoms with van der Waals surface area (Å²) in [6.45, 7) is 1.54. The second kappa shape index (κ2) is 9.01. The zero-order chi connectivity index (χ0) is 20.1. The molecule has 3 aromatic rings. The van der Waals surface area contributed by atoms with Crippen molar-refractivity contribution in [3.63, 3.8) is 0 Å². The number of hydrogen-bond donors (Lipinski definition) is 0. The lowest BCUT2D eigenvalue weighted by atomic mass is 9.88. The lowest BCUT2D eigenvalue weighted by Crippen LogP contribution is -2.42. The quantitative estimate of drug-likeness (QED) is 0.618. The molecule has 0 aliphatic carbocycles. The van der Waals surface area contributed by atoms with Crippen LogP contribution < -0.4 is 0 Å². The van der Waals surface area contributed by atoms with Crippen molar-refractivity contribution in [1.29, 1.82) is 0 Å². The molecular weight excluding hydrogens is 365 g/mol. The fourth-order valence-corrected chi connectivity index (χ4v) is 3.86. The van der Waals surface area contributed by atoms with E-state index in [1.807, 2.05) is 41.3 Å². The second-order valence-electron chi connectivity index (χ2n) is 7.33. The highest BCUT2D eigenvalue weighted by Crippen LogP contribution is 2.30. The average Bonchev–Trinajstić information content (AvgIpc) is 2.79. The van der Waals surface area contributed by atoms with Gasteiger partial charge in [-0.2, -0.15) is 0 Å². The Morgan fingerprint density at radius 3 is 2.10 bits per heavy atom. The van der Waals surface area contributed by atoms with Gasteiger partial charge in [-0.25, -0.2) is 4.39 Å². The molecule has 0 bridgehead atoms. The first-order valence-corrected chi connectivity index (χ1v) is 9.95. The maximum atomic E-state index is 13.2. The summed E-state index contributed by atoms with van der Waals surface area (Å²) in [4.78, 5) is 15.1. The van der Waals surface area contributed by atoms with E-state index in [1.54, 1.807) is 12.1 Å². The Hall–Kier alpha value is -2.98. The van der Waals surface area contributed by atoms with Crippen LogP contribution in [0.2, 0.25) is 0 Å². The number of carbonyl (C=O) groups is 1. The molecule has 3 aromatic carbocycles. The molecule has 0 N–H and O–H groups in total. The summed E-state index contributed by atoms with van der Waals surface area (Å²) in [6, 6.07) is 26.6. The third-order valence-corrected chi connectivity index (χ3v) is 5.44. The Morgan fingerprint density at radius 1 is 0.931 bits per heavy atom. The number of nitrogens with zero attached hydrogens (tertiary/aromatic N) is 1. The SMILES string of the molecule is O=C(CC(c1ccccc1)c1ccccc1)N1CCOC(c2ccc(F)cc2)C1. The van der Waals surface area contributed by atoms with Crippen LogP contribution in [0.1, 0.15) is 35.1 Å². The summed E-state index contributed by atoms with van der Waals surface area (Å²) >= 11 is 0. The van der Waals surface area contributed by atoms with E-state index in [4.69, 9.17) is 4.74 Å². The van der Waals surface area contributed by atoms with Crippen molar-refractivity contribution in [1.82, 2.24) is 4.90 Å². The normalized spacial score (nSPS) is 16.8. The van der Waals surface area contributed by atoms with E-state index < -0.39 is 0 Å². The minimum atomic E-state index is -0.272. The van der Waals surface area contributed by atoms with Crippen LogP contribution in [0, 0.1) is 5.82 Å². The van der Waals surface area contributed by atoms with Gasteiger partial charge in [0.1, 0.15) is 11.9 Å². The minimum Gasteiger partial charge on any atom is -0.370 e. The molecule has 4 rings (SSSR count). The number of carbonyl (C=O) groups excluding carboxylic acids is 1. The van der Waals surface area contributed by atoms with E-state index in [9.17, 15) is 9.18 Å². The highest BCUT2D eigenvalue weighted by atomic mass is 19.1. The fraction of sp³-hybridized carbons (Fsp3) is 0.240. The summed E-state index contributed by atoms with van der Waals surface area (Å²) in [7, 11) is 0. The van der Waals surface area contributed by atoms with Crippen LogP contribution in [0.15, 0.2) is 84.9 Å². The van der Waals surface area contributed by atoms with E-state index >= 15 is 0 Å². The van der Waals surface area contributed by atoms with Crippen molar-refractivity contribution < 1.29 is 13.9 Å². The molecule has 1 atom stereocenters. The van der Waals surface area contributed by atoms with Crippen LogP contribution in [-0.2, 0) is 9.53 Å². The largest absolute Gasteiger partial charge is 0.370 e. The highest BCUT2D eigenvalue weighted by Gasteiger charge is 2.28. The second-order valence-corrected chi connectivity index (χ2v) is 7.33. The number of amides is 1. The summed E-state index contributed by atoms with van der Waals surface area (Å²) in [5.74, 6) is -0.152. The van der Waals surface area contributed by atoms with Gasteiger partial charge in [-0.05, 0) is 28.8 Å². The molecule has 1 fully saturated rings. The number of benzene rings is 3. The average molecular weight is 389 g/mol. The smallest absolute Gasteiger partial charge is 0.223 e. The zero-order valence-electron chi connectivity index (χ0n) is 16.2. The maximum Gasteiger partial charge on any atom is 0.223 e. The third kappa shape index (κ3) is 4.72. The van der Waals surface area contributed by atoms with E-state index in [1.165, 1.54) is 12.1 Å². The van der Waals surface area contributed by atoms with Gasteiger partial charge >= 0.3 is 0 Å². The van der Waals surface area contributed by atoms with Gasteiger partial charge in [0.15, 0.2) is 0 Å². The van der Waals surface area contributed by atoms with Crippen molar-refractivity contribution in [2.24, 2.45) is 0 Å². The van der Waals surface area contributed by atoms with E-state index in [2.05, 4.69) is 24.3 Å². The number of hydrogen-bond acceptors (Lipinski definition) is 2. The standard InChI is InChI=1S/C25H24FNO2/c26-22-13-11-21(12-14-22)24-18-27(15-16-29-24)25(28)17-23(19-7-3-1-4-8-19)20-9-5-2-6-10-20/h1-14,23-24H,15-18H2. The third-order valence-electron chi connectivity index (χ3n) is 5.44. The molecule has 0 saturated carbocycles. The first kappa shape index (κ1) is 19.3. The Kier molecular flexibility index (Phi) is 6.01. The van der Waals surface area contributed by atoms with E-state index in [0.29, 0.717) is 26.1 Å². The molecule has 0 aromatic heterocycles. The van der Waals surface area contributed by atoms with E-state index in [0.717, 1.165) is 16.7 Å². The zero-order valence-corrected chi connectivity index (χ0v) is 16.2. The molecule has 0 radical (unpaired) electrons. The van der Waals surface area contributed by atoms with Crippen LogP contribution in [0.3, 0.4) is 0 Å². The molecule has 1 heterocycles. The van der Waals surface area contributed by atoms with Gasteiger partial charge in [0.05, 0.1) is 13.2 Å². The van der Waals surface area contributed by atoms with Gasteiger partial charge in [0.25, 0.3) is 0 Å². The van der Waals surface area contributed by atoms with Crippen molar-refractivity contribution in [3.8, 4) is 0 Å². The highest BCUT2D eigenvalue weighted by molar-refractivity contribution is 5.78. The molecule has 3 nitrogen and oxygen atoms in total. The number of rotatable bonds is 5. The predicted octanol–water partition coefficient (Wildman–Crippen LogP) is 4.95. The molecule has 1 unspecified atom stereocenters. The molecule has 29 heavy (non-hydrogen) atoms. The summed E-state index contributed by atoms with van der Waals surface area (Å²) in [6.07, 6.45) is 0.185. The summed E-state index contributed by atoms with van der Waals surface area (Å²) < 4.78 is 19.1. The minimum absolute atomic E-state index is 0.0111. The van der Waals surface area contributed by atoms with Crippen LogP contribution in [0.25, 0.3) is 0 Å². The Morgan fingerprint density at radius 2 is 1.52 bits per heavy atom. The Balaban J connectivity index is 1.50. The first-order valence-electron chi connectivity index (χ1n) is 9.95. The van der Waals surface area contributed by atoms with Gasteiger partial charge in [0.2, 0.25) is 5.91 Å². The molecule has 0 spiro atoms. The molecule has 1 saturated heterocycles. The monoisotopic (exact) mass is 389 g/mol. The Labute approximate surface area is 170 Å². The maximum absolute atomic E-state index is 13.2. The lowest BCUT2D eigenvalue weighted by molar-refractivity contribution is -0.139. The molecule has 1 aliphatic heterocycles. The number of ether oxygens (including phenoxy) is 1. The van der Waals surface area contributed by atoms with Crippen LogP contribution in [0.5, 0.6) is 0 Å². The molecule has 4 heteroatoms. The Bertz CT molecular complexity index is 889. The van der Waals surface area contributed by atoms with Crippen LogP contribution >= 0.6 is 0 Å². The predicted molar refractivity (Wildman–Crippen MR) is 111 cm³/mol. The van der Waals surface area contributed by atoms with Gasteiger partial charge in [-0.1, -0.05) is 72.8 Å². The van der Waals surface area contributed by atoms with Gasteiger partial charge in [-0.15, -0.1) is 0 Å². The van der Waals surface area contributed by atoms with Crippen LogP contribution in [0.4, 0.5) is 4.39 Å². The van der Waals surface area contributed by atoms with Crippen molar-refractivity contribution in [3.05, 3.63) is 107 Å². The van der Waals surface area contributed by atoms with Gasteiger partial charge in [-0.3, -0.25) is 4.79 Å². The van der Waals surface area contributed by atoms with E-state index in [-0.39, 0.29) is 23.7 Å². The molecule has 148 valence electrons. The van der Waals surface area contributed by atoms with Crippen molar-refractivity contribution in [2.75, 3.05) is 19.7 Å². The van der Waals surface area contributed by atoms with Crippen LogP contribution in [-0.4, -0.2) is 30.5 Å². The summed E-state index contributed by atoms with van der Waals surface area (Å²) in [5, 5.41) is 0. The summed E-state index contributed by atoms with van der Waals surface area (Å²) in [5.41, 5.74) is 3.16. The number of halogens is 1. The number of morpholine rings is 1. The first-order chi connectivity index (χ1) is 14.2. The molecule has 1 amide bonds. The molecule has 1 aliphatic rings. The van der Waals surface area contributed by atoms with Crippen molar-refractivity contribution in [2.45, 2.75) is 18.4 Å². The van der Waals surface area contributed by atoms with Gasteiger partial charge < -0.3 is 9.64 Å². The fourth-order valence-electron chi connectivity index (χ4n) is 3.86. The van der Waals surface area contributed by atoms with Gasteiger partial charge in [0, 0.05) is 18.9 Å². The molecular formula is C25H24FNO2.